The molecular formula is C19H22F3N5O2. The van der Waals surface area contributed by atoms with Gasteiger partial charge in [-0.25, -0.2) is 9.67 Å². The second-order valence-corrected chi connectivity index (χ2v) is 7.89. The smallest absolute Gasteiger partial charge is 0.419 e. The molecule has 4 heterocycles. The summed E-state index contributed by atoms with van der Waals surface area (Å²) in [4.78, 5) is 4.02. The summed E-state index contributed by atoms with van der Waals surface area (Å²) in [5.74, 6) is 1.49. The topological polar surface area (TPSA) is 73.2 Å². The van der Waals surface area contributed by atoms with Crippen LogP contribution in [0.1, 0.15) is 36.6 Å². The van der Waals surface area contributed by atoms with Crippen LogP contribution in [0.15, 0.2) is 12.3 Å². The molecule has 2 fully saturated rings. The van der Waals surface area contributed by atoms with Gasteiger partial charge in [-0.1, -0.05) is 0 Å². The minimum Gasteiger partial charge on any atom is -0.487 e. The molecule has 5 rings (SSSR count). The summed E-state index contributed by atoms with van der Waals surface area (Å²) in [5, 5.41) is 10.8. The highest BCUT2D eigenvalue weighted by atomic mass is 19.4. The van der Waals surface area contributed by atoms with Gasteiger partial charge in [0.15, 0.2) is 11.6 Å². The minimum atomic E-state index is -4.51. The van der Waals surface area contributed by atoms with Crippen LogP contribution in [0.25, 0.3) is 0 Å². The zero-order valence-electron chi connectivity index (χ0n) is 15.9. The van der Waals surface area contributed by atoms with Crippen molar-refractivity contribution >= 4 is 17.3 Å². The number of aromatic nitrogens is 3. The molecule has 3 aliphatic rings. The monoisotopic (exact) mass is 409 g/mol. The number of aryl methyl sites for hydroxylation is 1. The standard InChI is InChI=1S/C19H22F3N5O2/c1-10-17-18(27(26-10)12-3-2-4-12)25-16-5-14(13(6-23-16)19(20,21)22)24-15-9-28-7-11(15)8-29-17/h5-6,11-12,15,24H,2-4,7-9H2,1H3,(H,23,25)/t11-,15+/m1/s1. The molecule has 2 aromatic rings. The molecular weight excluding hydrogens is 387 g/mol. The van der Waals surface area contributed by atoms with Crippen molar-refractivity contribution in [2.45, 2.75) is 44.4 Å². The summed E-state index contributed by atoms with van der Waals surface area (Å²) in [5.41, 5.74) is -0.0580. The van der Waals surface area contributed by atoms with E-state index in [9.17, 15) is 13.2 Å². The van der Waals surface area contributed by atoms with Gasteiger partial charge in [-0.05, 0) is 26.2 Å². The highest BCUT2D eigenvalue weighted by Crippen LogP contribution is 2.42. The third-order valence-corrected chi connectivity index (χ3v) is 5.89. The van der Waals surface area contributed by atoms with Gasteiger partial charge >= 0.3 is 6.18 Å². The first kappa shape index (κ1) is 18.5. The number of fused-ring (bicyclic) bond motifs is 4. The van der Waals surface area contributed by atoms with Gasteiger partial charge in [0.05, 0.1) is 43.2 Å². The zero-order chi connectivity index (χ0) is 20.2. The van der Waals surface area contributed by atoms with Crippen LogP contribution >= 0.6 is 0 Å². The van der Waals surface area contributed by atoms with Crippen LogP contribution in [-0.2, 0) is 10.9 Å². The molecule has 0 unspecified atom stereocenters. The summed E-state index contributed by atoms with van der Waals surface area (Å²) >= 11 is 0. The van der Waals surface area contributed by atoms with Crippen molar-refractivity contribution < 1.29 is 22.6 Å². The van der Waals surface area contributed by atoms with Crippen molar-refractivity contribution in [3.8, 4) is 5.75 Å². The molecule has 2 N–H and O–H groups in total. The Morgan fingerprint density at radius 1 is 1.21 bits per heavy atom. The molecule has 2 aromatic heterocycles. The van der Waals surface area contributed by atoms with E-state index in [0.717, 1.165) is 31.2 Å². The van der Waals surface area contributed by atoms with Crippen molar-refractivity contribution in [2.75, 3.05) is 30.5 Å². The van der Waals surface area contributed by atoms with Crippen LogP contribution in [0, 0.1) is 12.8 Å². The van der Waals surface area contributed by atoms with Gasteiger partial charge in [0, 0.05) is 18.2 Å². The van der Waals surface area contributed by atoms with E-state index in [0.29, 0.717) is 37.2 Å². The van der Waals surface area contributed by atoms with E-state index >= 15 is 0 Å². The number of hydrogen-bond donors (Lipinski definition) is 2. The molecule has 0 aromatic carbocycles. The lowest BCUT2D eigenvalue weighted by molar-refractivity contribution is -0.137. The maximum absolute atomic E-state index is 13.5. The molecule has 1 saturated carbocycles. The lowest BCUT2D eigenvalue weighted by Crippen LogP contribution is -2.32. The van der Waals surface area contributed by atoms with E-state index in [1.54, 1.807) is 0 Å². The summed E-state index contributed by atoms with van der Waals surface area (Å²) in [6.07, 6.45) is -0.477. The average Bonchev–Trinajstić information content (AvgIpc) is 3.15. The minimum absolute atomic E-state index is 0.00891. The number of alkyl halides is 3. The summed E-state index contributed by atoms with van der Waals surface area (Å²) in [6.45, 7) is 2.95. The number of nitrogens with one attached hydrogen (secondary N) is 2. The van der Waals surface area contributed by atoms with E-state index in [4.69, 9.17) is 9.47 Å². The van der Waals surface area contributed by atoms with Gasteiger partial charge in [-0.2, -0.15) is 18.3 Å². The predicted octanol–water partition coefficient (Wildman–Crippen LogP) is 3.89. The number of pyridine rings is 1. The van der Waals surface area contributed by atoms with Crippen molar-refractivity contribution in [1.82, 2.24) is 14.8 Å². The van der Waals surface area contributed by atoms with Crippen LogP contribution in [-0.4, -0.2) is 40.6 Å². The fourth-order valence-corrected chi connectivity index (χ4v) is 4.02. The molecule has 0 radical (unpaired) electrons. The first-order valence-corrected chi connectivity index (χ1v) is 9.80. The maximum atomic E-state index is 13.5. The normalized spacial score (nSPS) is 24.3. The Morgan fingerprint density at radius 3 is 2.76 bits per heavy atom. The third kappa shape index (κ3) is 3.29. The van der Waals surface area contributed by atoms with Crippen LogP contribution in [0.4, 0.5) is 30.5 Å². The molecule has 2 atom stereocenters. The van der Waals surface area contributed by atoms with Gasteiger partial charge < -0.3 is 20.1 Å². The Balaban J connectivity index is 1.61. The third-order valence-electron chi connectivity index (χ3n) is 5.89. The summed E-state index contributed by atoms with van der Waals surface area (Å²) in [6, 6.07) is 1.38. The number of nitrogens with zero attached hydrogens (tertiary/aromatic N) is 3. The van der Waals surface area contributed by atoms with Crippen LogP contribution in [0.2, 0.25) is 0 Å². The molecule has 2 bridgehead atoms. The van der Waals surface area contributed by atoms with Crippen molar-refractivity contribution in [3.05, 3.63) is 23.5 Å². The van der Waals surface area contributed by atoms with Gasteiger partial charge in [-0.3, -0.25) is 0 Å². The van der Waals surface area contributed by atoms with Crippen molar-refractivity contribution in [2.24, 2.45) is 5.92 Å². The molecule has 2 aliphatic heterocycles. The summed E-state index contributed by atoms with van der Waals surface area (Å²) < 4.78 is 54.1. The SMILES string of the molecule is Cc1nn(C2CCC2)c2c1OC[C@H]1COC[C@@H]1Nc1cc(ncc1C(F)(F)F)N2. The quantitative estimate of drug-likeness (QED) is 0.745. The van der Waals surface area contributed by atoms with Crippen molar-refractivity contribution in [1.29, 1.82) is 0 Å². The van der Waals surface area contributed by atoms with E-state index < -0.39 is 11.7 Å². The predicted molar refractivity (Wildman–Crippen MR) is 99.6 cm³/mol. The highest BCUT2D eigenvalue weighted by molar-refractivity contribution is 5.67. The van der Waals surface area contributed by atoms with E-state index in [-0.39, 0.29) is 23.7 Å². The summed E-state index contributed by atoms with van der Waals surface area (Å²) in [7, 11) is 0. The van der Waals surface area contributed by atoms with Crippen molar-refractivity contribution in [3.63, 3.8) is 0 Å². The average molecular weight is 409 g/mol. The molecule has 1 saturated heterocycles. The number of ether oxygens (including phenoxy) is 2. The van der Waals surface area contributed by atoms with E-state index in [1.165, 1.54) is 6.07 Å². The first-order chi connectivity index (χ1) is 13.9. The molecule has 29 heavy (non-hydrogen) atoms. The van der Waals surface area contributed by atoms with Crippen LogP contribution in [0.5, 0.6) is 5.75 Å². The molecule has 156 valence electrons. The first-order valence-electron chi connectivity index (χ1n) is 9.80. The Bertz CT molecular complexity index is 925. The molecule has 7 nitrogen and oxygen atoms in total. The molecule has 0 amide bonds. The van der Waals surface area contributed by atoms with Gasteiger partial charge in [0.1, 0.15) is 11.5 Å². The second kappa shape index (κ2) is 6.79. The van der Waals surface area contributed by atoms with E-state index in [2.05, 4.69) is 20.7 Å². The maximum Gasteiger partial charge on any atom is 0.419 e. The lowest BCUT2D eigenvalue weighted by Gasteiger charge is -2.27. The van der Waals surface area contributed by atoms with Gasteiger partial charge in [0.25, 0.3) is 0 Å². The number of halogens is 3. The number of hydrogen-bond acceptors (Lipinski definition) is 6. The Morgan fingerprint density at radius 2 is 2.03 bits per heavy atom. The Hall–Kier alpha value is -2.49. The highest BCUT2D eigenvalue weighted by Gasteiger charge is 2.38. The Kier molecular flexibility index (Phi) is 4.34. The van der Waals surface area contributed by atoms with Crippen LogP contribution in [0.3, 0.4) is 0 Å². The number of anilines is 3. The molecule has 1 aliphatic carbocycles. The van der Waals surface area contributed by atoms with Gasteiger partial charge in [0.2, 0.25) is 0 Å². The number of rotatable bonds is 1. The van der Waals surface area contributed by atoms with E-state index in [1.807, 2.05) is 11.6 Å². The largest absolute Gasteiger partial charge is 0.487 e. The van der Waals surface area contributed by atoms with Gasteiger partial charge in [-0.15, -0.1) is 0 Å². The fourth-order valence-electron chi connectivity index (χ4n) is 4.02. The van der Waals surface area contributed by atoms with Crippen LogP contribution < -0.4 is 15.4 Å². The molecule has 0 spiro atoms. The lowest BCUT2D eigenvalue weighted by atomic mass is 9.93. The second-order valence-electron chi connectivity index (χ2n) is 7.89. The Labute approximate surface area is 165 Å². The zero-order valence-corrected chi connectivity index (χ0v) is 15.9. The molecule has 10 heteroatoms. The fraction of sp³-hybridized carbons (Fsp3) is 0.579.